The van der Waals surface area contributed by atoms with Gasteiger partial charge < -0.3 is 14.1 Å². The number of allylic oxidation sites excluding steroid dienone is 1. The second kappa shape index (κ2) is 8.02. The van der Waals surface area contributed by atoms with Gasteiger partial charge in [0.2, 0.25) is 5.91 Å². The van der Waals surface area contributed by atoms with E-state index in [9.17, 15) is 4.79 Å². The Kier molecular flexibility index (Phi) is 5.47. The van der Waals surface area contributed by atoms with Crippen molar-refractivity contribution < 1.29 is 13.9 Å². The summed E-state index contributed by atoms with van der Waals surface area (Å²) in [6.45, 7) is 7.60. The average Bonchev–Trinajstić information content (AvgIpc) is 3.05. The number of carbonyl (C=O) groups is 1. The van der Waals surface area contributed by atoms with Crippen LogP contribution in [0, 0.1) is 0 Å². The fraction of sp³-hybridized carbons (Fsp3) is 0.542. The predicted molar refractivity (Wildman–Crippen MR) is 113 cm³/mol. The van der Waals surface area contributed by atoms with Crippen molar-refractivity contribution in [3.63, 3.8) is 0 Å². The third-order valence-electron chi connectivity index (χ3n) is 6.21. The summed E-state index contributed by atoms with van der Waals surface area (Å²) in [5.41, 5.74) is 4.21. The molecule has 0 saturated carbocycles. The van der Waals surface area contributed by atoms with E-state index in [0.29, 0.717) is 12.6 Å². The average molecular weight is 382 g/mol. The van der Waals surface area contributed by atoms with Gasteiger partial charge in [0, 0.05) is 47.7 Å². The van der Waals surface area contributed by atoms with Crippen LogP contribution in [0.15, 0.2) is 22.6 Å². The fourth-order valence-corrected chi connectivity index (χ4v) is 4.64. The lowest BCUT2D eigenvalue weighted by molar-refractivity contribution is -0.129. The monoisotopic (exact) mass is 381 g/mol. The molecule has 0 bridgehead atoms. The number of benzene rings is 1. The van der Waals surface area contributed by atoms with Crippen molar-refractivity contribution >= 4 is 22.4 Å². The number of likely N-dealkylation sites (tertiary alicyclic amines) is 1. The molecule has 4 nitrogen and oxygen atoms in total. The first-order valence-electron chi connectivity index (χ1n) is 10.8. The molecule has 0 N–H and O–H groups in total. The van der Waals surface area contributed by atoms with Crippen molar-refractivity contribution in [1.82, 2.24) is 4.90 Å². The first-order chi connectivity index (χ1) is 13.6. The molecule has 2 aliphatic rings. The number of piperidine rings is 1. The van der Waals surface area contributed by atoms with Crippen molar-refractivity contribution in [1.29, 1.82) is 0 Å². The van der Waals surface area contributed by atoms with Gasteiger partial charge in [-0.1, -0.05) is 0 Å². The summed E-state index contributed by atoms with van der Waals surface area (Å²) in [6, 6.07) is 4.50. The Morgan fingerprint density at radius 2 is 2.07 bits per heavy atom. The molecule has 1 aromatic heterocycles. The van der Waals surface area contributed by atoms with Crippen LogP contribution in [-0.2, 0) is 17.6 Å². The Balaban J connectivity index is 1.72. The van der Waals surface area contributed by atoms with Gasteiger partial charge in [0.15, 0.2) is 0 Å². The van der Waals surface area contributed by atoms with Crippen LogP contribution >= 0.6 is 0 Å². The number of fused-ring (bicyclic) bond motifs is 3. The second-order valence-corrected chi connectivity index (χ2v) is 8.19. The summed E-state index contributed by atoms with van der Waals surface area (Å²) in [5, 5.41) is 1.18. The Labute approximate surface area is 167 Å². The summed E-state index contributed by atoms with van der Waals surface area (Å²) < 4.78 is 12.0. The number of furan rings is 1. The molecule has 4 heteroatoms. The van der Waals surface area contributed by atoms with Crippen LogP contribution < -0.4 is 4.74 Å². The largest absolute Gasteiger partial charge is 0.493 e. The van der Waals surface area contributed by atoms with E-state index in [4.69, 9.17) is 9.15 Å². The van der Waals surface area contributed by atoms with Crippen molar-refractivity contribution in [2.45, 2.75) is 71.8 Å². The van der Waals surface area contributed by atoms with Gasteiger partial charge in [0.1, 0.15) is 17.1 Å². The molecule has 1 fully saturated rings. The van der Waals surface area contributed by atoms with E-state index in [1.165, 1.54) is 30.2 Å². The number of hydrogen-bond donors (Lipinski definition) is 0. The zero-order valence-electron chi connectivity index (χ0n) is 17.3. The standard InChI is InChI=1S/C24H31NO3/c1-4-27-22-15-23-20(18-10-5-6-11-21(18)28-23)14-19(22)16(2)13-24(26)25-12-8-7-9-17(25)3/h13-15,17H,4-12H2,1-3H3/b16-13+. The summed E-state index contributed by atoms with van der Waals surface area (Å²) >= 11 is 0. The molecule has 1 aliphatic heterocycles. The minimum absolute atomic E-state index is 0.112. The smallest absolute Gasteiger partial charge is 0.247 e. The number of carbonyl (C=O) groups excluding carboxylic acids is 1. The normalized spacial score (nSPS) is 20.3. The van der Waals surface area contributed by atoms with Crippen molar-refractivity contribution in [3.05, 3.63) is 35.1 Å². The highest BCUT2D eigenvalue weighted by Gasteiger charge is 2.23. The van der Waals surface area contributed by atoms with E-state index >= 15 is 0 Å². The molecule has 0 spiro atoms. The summed E-state index contributed by atoms with van der Waals surface area (Å²) in [4.78, 5) is 14.9. The van der Waals surface area contributed by atoms with Crippen molar-refractivity contribution in [2.75, 3.05) is 13.2 Å². The Morgan fingerprint density at radius 3 is 2.86 bits per heavy atom. The molecule has 1 unspecified atom stereocenters. The van der Waals surface area contributed by atoms with Gasteiger partial charge in [-0.15, -0.1) is 0 Å². The molecule has 1 saturated heterocycles. The van der Waals surface area contributed by atoms with E-state index in [-0.39, 0.29) is 5.91 Å². The molecule has 2 aromatic rings. The minimum atomic E-state index is 0.112. The molecule has 150 valence electrons. The van der Waals surface area contributed by atoms with E-state index in [2.05, 4.69) is 13.0 Å². The zero-order chi connectivity index (χ0) is 19.7. The van der Waals surface area contributed by atoms with Gasteiger partial charge in [0.25, 0.3) is 0 Å². The molecule has 2 heterocycles. The SMILES string of the molecule is CCOc1cc2oc3c(c2cc1/C(C)=C/C(=O)N1CCCCC1C)CCCC3. The Hall–Kier alpha value is -2.23. The van der Waals surface area contributed by atoms with Gasteiger partial charge in [0.05, 0.1) is 6.61 Å². The highest BCUT2D eigenvalue weighted by molar-refractivity contribution is 5.97. The Bertz CT molecular complexity index is 908. The van der Waals surface area contributed by atoms with E-state index in [1.54, 1.807) is 6.08 Å². The molecule has 1 aliphatic carbocycles. The maximum absolute atomic E-state index is 12.9. The van der Waals surface area contributed by atoms with Crippen LogP contribution in [-0.4, -0.2) is 30.0 Å². The zero-order valence-corrected chi connectivity index (χ0v) is 17.3. The van der Waals surface area contributed by atoms with Gasteiger partial charge in [-0.2, -0.15) is 0 Å². The molecule has 28 heavy (non-hydrogen) atoms. The summed E-state index contributed by atoms with van der Waals surface area (Å²) in [7, 11) is 0. The molecule has 4 rings (SSSR count). The van der Waals surface area contributed by atoms with Gasteiger partial charge in [-0.05, 0) is 70.9 Å². The quantitative estimate of drug-likeness (QED) is 0.655. The van der Waals surface area contributed by atoms with Crippen LogP contribution in [0.25, 0.3) is 16.5 Å². The number of hydrogen-bond acceptors (Lipinski definition) is 3. The molecule has 1 amide bonds. The maximum Gasteiger partial charge on any atom is 0.247 e. The fourth-order valence-electron chi connectivity index (χ4n) is 4.64. The van der Waals surface area contributed by atoms with Crippen LogP contribution in [0.2, 0.25) is 0 Å². The maximum atomic E-state index is 12.9. The highest BCUT2D eigenvalue weighted by atomic mass is 16.5. The number of nitrogens with zero attached hydrogens (tertiary/aromatic N) is 1. The number of rotatable bonds is 4. The highest BCUT2D eigenvalue weighted by Crippen LogP contribution is 2.38. The van der Waals surface area contributed by atoms with E-state index in [0.717, 1.165) is 60.5 Å². The topological polar surface area (TPSA) is 42.7 Å². The lowest BCUT2D eigenvalue weighted by Gasteiger charge is -2.32. The minimum Gasteiger partial charge on any atom is -0.493 e. The van der Waals surface area contributed by atoms with Gasteiger partial charge in [-0.25, -0.2) is 0 Å². The molecular formula is C24H31NO3. The van der Waals surface area contributed by atoms with Crippen molar-refractivity contribution in [3.8, 4) is 5.75 Å². The van der Waals surface area contributed by atoms with Crippen LogP contribution in [0.1, 0.15) is 69.8 Å². The van der Waals surface area contributed by atoms with Crippen LogP contribution in [0.5, 0.6) is 5.75 Å². The number of ether oxygens (including phenoxy) is 1. The first kappa shape index (κ1) is 19.1. The molecule has 0 radical (unpaired) electrons. The molecule has 1 aromatic carbocycles. The third kappa shape index (κ3) is 3.57. The lowest BCUT2D eigenvalue weighted by Crippen LogP contribution is -2.41. The number of amides is 1. The summed E-state index contributed by atoms with van der Waals surface area (Å²) in [5.74, 6) is 2.04. The third-order valence-corrected chi connectivity index (χ3v) is 6.21. The molecular weight excluding hydrogens is 350 g/mol. The lowest BCUT2D eigenvalue weighted by atomic mass is 9.94. The van der Waals surface area contributed by atoms with E-state index < -0.39 is 0 Å². The second-order valence-electron chi connectivity index (χ2n) is 8.19. The van der Waals surface area contributed by atoms with E-state index in [1.807, 2.05) is 24.8 Å². The number of aryl methyl sites for hydroxylation is 2. The van der Waals surface area contributed by atoms with Gasteiger partial charge >= 0.3 is 0 Å². The van der Waals surface area contributed by atoms with Crippen LogP contribution in [0.4, 0.5) is 0 Å². The Morgan fingerprint density at radius 1 is 1.25 bits per heavy atom. The van der Waals surface area contributed by atoms with Crippen LogP contribution in [0.3, 0.4) is 0 Å². The van der Waals surface area contributed by atoms with Crippen molar-refractivity contribution in [2.24, 2.45) is 0 Å². The predicted octanol–water partition coefficient (Wildman–Crippen LogP) is 5.51. The summed E-state index contributed by atoms with van der Waals surface area (Å²) in [6.07, 6.45) is 9.69. The first-order valence-corrected chi connectivity index (χ1v) is 10.8. The molecule has 1 atom stereocenters. The van der Waals surface area contributed by atoms with Gasteiger partial charge in [-0.3, -0.25) is 4.79 Å².